The molecule has 0 aliphatic carbocycles. The summed E-state index contributed by atoms with van der Waals surface area (Å²) >= 11 is 7.42. The monoisotopic (exact) mass is 424 g/mol. The fourth-order valence-corrected chi connectivity index (χ4v) is 3.62. The van der Waals surface area contributed by atoms with Gasteiger partial charge in [-0.25, -0.2) is 13.6 Å². The number of benzene rings is 1. The summed E-state index contributed by atoms with van der Waals surface area (Å²) in [5.41, 5.74) is -0.975. The molecule has 0 radical (unpaired) electrons. The molecule has 3 nitrogen and oxygen atoms in total. The van der Waals surface area contributed by atoms with E-state index >= 15 is 0 Å². The third kappa shape index (κ3) is 2.68. The predicted octanol–water partition coefficient (Wildman–Crippen LogP) is 4.48. The highest BCUT2D eigenvalue weighted by atomic mass is 79.9. The number of aromatic carboxylic acids is 1. The van der Waals surface area contributed by atoms with Gasteiger partial charge in [-0.15, -0.1) is 11.3 Å². The van der Waals surface area contributed by atoms with Crippen molar-refractivity contribution in [1.82, 2.24) is 0 Å². The highest BCUT2D eigenvalue weighted by Crippen LogP contribution is 2.34. The zero-order chi connectivity index (χ0) is 15.0. The summed E-state index contributed by atoms with van der Waals surface area (Å²) in [6.07, 6.45) is 0. The van der Waals surface area contributed by atoms with E-state index < -0.39 is 34.5 Å². The molecule has 1 heterocycles. The third-order valence-electron chi connectivity index (χ3n) is 2.43. The molecule has 0 saturated heterocycles. The molecule has 8 heteroatoms. The number of thiophene rings is 1. The van der Waals surface area contributed by atoms with Crippen LogP contribution in [0.1, 0.15) is 25.6 Å². The average Bonchev–Trinajstić information content (AvgIpc) is 2.72. The first-order valence-electron chi connectivity index (χ1n) is 5.02. The lowest BCUT2D eigenvalue weighted by atomic mass is 10.0. The lowest BCUT2D eigenvalue weighted by molar-refractivity contribution is 0.0692. The zero-order valence-corrected chi connectivity index (χ0v) is 13.4. The molecule has 0 aliphatic rings. The molecule has 0 unspecified atom stereocenters. The summed E-state index contributed by atoms with van der Waals surface area (Å²) < 4.78 is 27.4. The summed E-state index contributed by atoms with van der Waals surface area (Å²) in [4.78, 5) is 23.5. The number of rotatable bonds is 3. The van der Waals surface area contributed by atoms with Gasteiger partial charge in [-0.1, -0.05) is 0 Å². The SMILES string of the molecule is O=C(O)c1cc(F)c(F)cc1C(=O)c1scc(Br)c1Br. The largest absolute Gasteiger partial charge is 0.478 e. The first-order valence-corrected chi connectivity index (χ1v) is 7.49. The molecule has 2 rings (SSSR count). The number of hydrogen-bond acceptors (Lipinski definition) is 3. The lowest BCUT2D eigenvalue weighted by Gasteiger charge is -2.05. The van der Waals surface area contributed by atoms with Crippen molar-refractivity contribution in [3.63, 3.8) is 0 Å². The van der Waals surface area contributed by atoms with E-state index in [-0.39, 0.29) is 4.88 Å². The molecule has 0 bridgehead atoms. The van der Waals surface area contributed by atoms with Crippen molar-refractivity contribution in [3.05, 3.63) is 54.1 Å². The minimum atomic E-state index is -1.50. The highest BCUT2D eigenvalue weighted by Gasteiger charge is 2.24. The van der Waals surface area contributed by atoms with Crippen LogP contribution in [0, 0.1) is 11.6 Å². The lowest BCUT2D eigenvalue weighted by Crippen LogP contribution is -2.11. The van der Waals surface area contributed by atoms with Crippen molar-refractivity contribution in [2.75, 3.05) is 0 Å². The van der Waals surface area contributed by atoms with Crippen LogP contribution < -0.4 is 0 Å². The summed E-state index contributed by atoms with van der Waals surface area (Å²) in [6.45, 7) is 0. The Hall–Kier alpha value is -1.12. The Morgan fingerprint density at radius 3 is 2.10 bits per heavy atom. The van der Waals surface area contributed by atoms with Gasteiger partial charge in [0.15, 0.2) is 11.6 Å². The fraction of sp³-hybridized carbons (Fsp3) is 0. The number of halogens is 4. The molecule has 2 aromatic rings. The van der Waals surface area contributed by atoms with E-state index in [1.165, 1.54) is 0 Å². The van der Waals surface area contributed by atoms with Crippen LogP contribution >= 0.6 is 43.2 Å². The maximum Gasteiger partial charge on any atom is 0.336 e. The van der Waals surface area contributed by atoms with E-state index in [1.54, 1.807) is 5.38 Å². The number of carbonyl (C=O) groups is 2. The van der Waals surface area contributed by atoms with Gasteiger partial charge < -0.3 is 5.11 Å². The van der Waals surface area contributed by atoms with E-state index in [1.807, 2.05) is 0 Å². The van der Waals surface area contributed by atoms with Gasteiger partial charge in [0.1, 0.15) is 0 Å². The second kappa shape index (κ2) is 5.71. The van der Waals surface area contributed by atoms with Crippen molar-refractivity contribution < 1.29 is 23.5 Å². The van der Waals surface area contributed by atoms with Gasteiger partial charge in [-0.2, -0.15) is 0 Å². The number of carbonyl (C=O) groups excluding carboxylic acids is 1. The van der Waals surface area contributed by atoms with Gasteiger partial charge in [0.05, 0.1) is 14.9 Å². The Kier molecular flexibility index (Phi) is 4.36. The van der Waals surface area contributed by atoms with E-state index in [0.717, 1.165) is 11.3 Å². The summed E-state index contributed by atoms with van der Waals surface area (Å²) in [5.74, 6) is -4.78. The van der Waals surface area contributed by atoms with E-state index in [9.17, 15) is 18.4 Å². The molecule has 20 heavy (non-hydrogen) atoms. The van der Waals surface area contributed by atoms with Gasteiger partial charge in [0.2, 0.25) is 5.78 Å². The van der Waals surface area contributed by atoms with Crippen LogP contribution in [0.2, 0.25) is 0 Å². The molecule has 1 aromatic heterocycles. The molecule has 0 atom stereocenters. The first-order chi connectivity index (χ1) is 9.32. The minimum Gasteiger partial charge on any atom is -0.478 e. The molecular formula is C12H4Br2F2O3S. The van der Waals surface area contributed by atoms with Crippen LogP contribution in [0.5, 0.6) is 0 Å². The van der Waals surface area contributed by atoms with Gasteiger partial charge in [0, 0.05) is 15.4 Å². The number of ketones is 1. The maximum absolute atomic E-state index is 13.3. The molecule has 0 spiro atoms. The third-order valence-corrected chi connectivity index (χ3v) is 5.96. The van der Waals surface area contributed by atoms with Crippen LogP contribution in [-0.2, 0) is 0 Å². The Labute approximate surface area is 132 Å². The van der Waals surface area contributed by atoms with Crippen LogP contribution in [0.4, 0.5) is 8.78 Å². The van der Waals surface area contributed by atoms with Gasteiger partial charge in [-0.3, -0.25) is 4.79 Å². The van der Waals surface area contributed by atoms with E-state index in [0.29, 0.717) is 21.1 Å². The molecule has 1 N–H and O–H groups in total. The standard InChI is InChI=1S/C12H4Br2F2O3S/c13-6-3-20-11(9(6)14)10(17)4-1-7(15)8(16)2-5(4)12(18)19/h1-3H,(H,18,19). The van der Waals surface area contributed by atoms with Crippen LogP contribution in [0.15, 0.2) is 26.5 Å². The number of carboxylic acid groups (broad SMARTS) is 1. The zero-order valence-electron chi connectivity index (χ0n) is 9.42. The smallest absolute Gasteiger partial charge is 0.336 e. The van der Waals surface area contributed by atoms with Crippen molar-refractivity contribution in [1.29, 1.82) is 0 Å². The molecule has 0 fully saturated rings. The molecule has 1 aromatic carbocycles. The Bertz CT molecular complexity index is 728. The molecular weight excluding hydrogens is 422 g/mol. The van der Waals surface area contributed by atoms with Gasteiger partial charge in [0.25, 0.3) is 0 Å². The van der Waals surface area contributed by atoms with Crippen molar-refractivity contribution in [3.8, 4) is 0 Å². The van der Waals surface area contributed by atoms with Crippen molar-refractivity contribution in [2.45, 2.75) is 0 Å². The van der Waals surface area contributed by atoms with Crippen LogP contribution in [-0.4, -0.2) is 16.9 Å². The summed E-state index contributed by atoms with van der Waals surface area (Å²) in [7, 11) is 0. The highest BCUT2D eigenvalue weighted by molar-refractivity contribution is 9.13. The Morgan fingerprint density at radius 2 is 1.65 bits per heavy atom. The summed E-state index contributed by atoms with van der Waals surface area (Å²) in [6, 6.07) is 1.10. The second-order valence-electron chi connectivity index (χ2n) is 3.67. The van der Waals surface area contributed by atoms with Crippen molar-refractivity contribution >= 4 is 54.9 Å². The molecule has 0 aliphatic heterocycles. The molecule has 0 saturated carbocycles. The molecule has 104 valence electrons. The van der Waals surface area contributed by atoms with E-state index in [4.69, 9.17) is 5.11 Å². The number of carboxylic acids is 1. The van der Waals surface area contributed by atoms with Crippen LogP contribution in [0.3, 0.4) is 0 Å². The number of hydrogen-bond donors (Lipinski definition) is 1. The Morgan fingerprint density at radius 1 is 1.10 bits per heavy atom. The maximum atomic E-state index is 13.3. The van der Waals surface area contributed by atoms with Crippen molar-refractivity contribution in [2.24, 2.45) is 0 Å². The topological polar surface area (TPSA) is 54.4 Å². The summed E-state index contributed by atoms with van der Waals surface area (Å²) in [5, 5.41) is 10.6. The van der Waals surface area contributed by atoms with Crippen LogP contribution in [0.25, 0.3) is 0 Å². The minimum absolute atomic E-state index is 0.199. The van der Waals surface area contributed by atoms with E-state index in [2.05, 4.69) is 31.9 Å². The predicted molar refractivity (Wildman–Crippen MR) is 76.5 cm³/mol. The first kappa shape index (κ1) is 15.3. The van der Waals surface area contributed by atoms with Gasteiger partial charge in [-0.05, 0) is 44.0 Å². The second-order valence-corrected chi connectivity index (χ2v) is 6.20. The molecule has 0 amide bonds. The Balaban J connectivity index is 2.63. The average molecular weight is 426 g/mol. The van der Waals surface area contributed by atoms with Gasteiger partial charge >= 0.3 is 5.97 Å². The quantitative estimate of drug-likeness (QED) is 0.737. The fourth-order valence-electron chi connectivity index (χ4n) is 1.51. The normalized spacial score (nSPS) is 10.6.